The van der Waals surface area contributed by atoms with Gasteiger partial charge in [-0.3, -0.25) is 9.24 Å². The van der Waals surface area contributed by atoms with E-state index in [9.17, 15) is 4.57 Å². The Morgan fingerprint density at radius 1 is 1.17 bits per heavy atom. The van der Waals surface area contributed by atoms with Crippen molar-refractivity contribution in [2.75, 3.05) is 12.0 Å². The van der Waals surface area contributed by atoms with Crippen LogP contribution in [-0.2, 0) is 4.57 Å². The predicted molar refractivity (Wildman–Crippen MR) is 104 cm³/mol. The number of fused-ring (bicyclic) bond motifs is 1. The molecule has 2 aromatic carbocycles. The monoisotopic (exact) mass is 380 g/mol. The third kappa shape index (κ3) is 3.16. The number of nitrogens with zero attached hydrogens (tertiary/aromatic N) is 1. The summed E-state index contributed by atoms with van der Waals surface area (Å²) in [6.07, 6.45) is 0. The first-order valence-electron chi connectivity index (χ1n) is 7.55. The first-order chi connectivity index (χ1) is 11.3. The molecule has 3 rings (SSSR count). The second-order valence-corrected chi connectivity index (χ2v) is 9.48. The second kappa shape index (κ2) is 6.40. The third-order valence-electron chi connectivity index (χ3n) is 3.82. The summed E-state index contributed by atoms with van der Waals surface area (Å²) in [7, 11) is -2.81. The number of anilines is 1. The lowest BCUT2D eigenvalue weighted by Gasteiger charge is -2.40. The van der Waals surface area contributed by atoms with Crippen molar-refractivity contribution in [3.05, 3.63) is 47.5 Å². The van der Waals surface area contributed by atoms with E-state index in [0.29, 0.717) is 21.6 Å². The standard InChI is InChI=1S/C17H18ClN2O2PS/c1-11(2)20-17(24)19-15-9-8-14(10-16(15)23(20,3)21)22-13-6-4-12(18)5-7-13/h4-11H,1-3H3,(H,19,24). The highest BCUT2D eigenvalue weighted by atomic mass is 35.5. The number of ether oxygens (including phenoxy) is 1. The molecule has 1 atom stereocenters. The van der Waals surface area contributed by atoms with Gasteiger partial charge >= 0.3 is 0 Å². The Morgan fingerprint density at radius 3 is 2.42 bits per heavy atom. The van der Waals surface area contributed by atoms with E-state index < -0.39 is 7.29 Å². The molecule has 0 saturated carbocycles. The number of benzene rings is 2. The highest BCUT2D eigenvalue weighted by Gasteiger charge is 2.38. The minimum Gasteiger partial charge on any atom is -0.457 e. The molecule has 24 heavy (non-hydrogen) atoms. The number of halogens is 1. The van der Waals surface area contributed by atoms with E-state index in [1.165, 1.54) is 0 Å². The topological polar surface area (TPSA) is 41.6 Å². The molecular weight excluding hydrogens is 363 g/mol. The maximum absolute atomic E-state index is 13.4. The van der Waals surface area contributed by atoms with Crippen LogP contribution in [0.5, 0.6) is 11.5 Å². The molecule has 1 aliphatic rings. The van der Waals surface area contributed by atoms with Crippen molar-refractivity contribution in [3.63, 3.8) is 0 Å². The molecule has 1 unspecified atom stereocenters. The van der Waals surface area contributed by atoms with Crippen molar-refractivity contribution in [2.45, 2.75) is 19.9 Å². The van der Waals surface area contributed by atoms with Gasteiger partial charge in [0.1, 0.15) is 11.5 Å². The molecule has 1 heterocycles. The second-order valence-electron chi connectivity index (χ2n) is 5.98. The SMILES string of the molecule is CC(C)N1C(=S)Nc2ccc(Oc3ccc(Cl)cc3)cc2P1(C)=O. The molecule has 126 valence electrons. The van der Waals surface area contributed by atoms with Crippen LogP contribution in [-0.4, -0.2) is 22.5 Å². The maximum Gasteiger partial charge on any atom is 0.202 e. The van der Waals surface area contributed by atoms with Crippen LogP contribution in [0.2, 0.25) is 5.02 Å². The molecule has 2 aromatic rings. The molecule has 0 aromatic heterocycles. The molecule has 4 nitrogen and oxygen atoms in total. The van der Waals surface area contributed by atoms with Crippen LogP contribution in [0.1, 0.15) is 13.8 Å². The number of nitrogens with one attached hydrogen (secondary N) is 1. The van der Waals surface area contributed by atoms with E-state index in [2.05, 4.69) is 5.32 Å². The largest absolute Gasteiger partial charge is 0.457 e. The molecule has 7 heteroatoms. The smallest absolute Gasteiger partial charge is 0.202 e. The summed E-state index contributed by atoms with van der Waals surface area (Å²) in [5, 5.41) is 5.02. The normalized spacial score (nSPS) is 19.9. The number of thiocarbonyl (C=S) groups is 1. The Labute approximate surface area is 152 Å². The molecule has 1 N–H and O–H groups in total. The van der Waals surface area contributed by atoms with Crippen molar-refractivity contribution in [3.8, 4) is 11.5 Å². The van der Waals surface area contributed by atoms with Gasteiger partial charge in [-0.05, 0) is 68.5 Å². The Morgan fingerprint density at radius 2 is 1.79 bits per heavy atom. The Hall–Kier alpha value is -1.55. The van der Waals surface area contributed by atoms with Gasteiger partial charge in [0, 0.05) is 17.7 Å². The van der Waals surface area contributed by atoms with Crippen molar-refractivity contribution in [1.29, 1.82) is 0 Å². The molecule has 0 radical (unpaired) electrons. The quantitative estimate of drug-likeness (QED) is 0.593. The minimum atomic E-state index is -2.81. The van der Waals surface area contributed by atoms with E-state index >= 15 is 0 Å². The van der Waals surface area contributed by atoms with Gasteiger partial charge in [0.25, 0.3) is 0 Å². The highest BCUT2D eigenvalue weighted by molar-refractivity contribution is 7.82. The first kappa shape index (κ1) is 17.3. The zero-order valence-electron chi connectivity index (χ0n) is 13.6. The van der Waals surface area contributed by atoms with E-state index in [-0.39, 0.29) is 6.04 Å². The predicted octanol–water partition coefficient (Wildman–Crippen LogP) is 5.09. The molecular formula is C17H18ClN2O2PS. The van der Waals surface area contributed by atoms with Gasteiger partial charge in [-0.1, -0.05) is 11.6 Å². The first-order valence-corrected chi connectivity index (χ1v) is 10.4. The molecule has 0 spiro atoms. The van der Waals surface area contributed by atoms with E-state index in [0.717, 1.165) is 11.0 Å². The number of rotatable bonds is 3. The molecule has 0 amide bonds. The van der Waals surface area contributed by atoms with Gasteiger partial charge in [0.2, 0.25) is 7.29 Å². The van der Waals surface area contributed by atoms with Gasteiger partial charge in [-0.2, -0.15) is 0 Å². The van der Waals surface area contributed by atoms with Crippen LogP contribution in [0.25, 0.3) is 0 Å². The lowest BCUT2D eigenvalue weighted by atomic mass is 10.3. The average molecular weight is 381 g/mol. The van der Waals surface area contributed by atoms with Crippen LogP contribution in [0, 0.1) is 0 Å². The van der Waals surface area contributed by atoms with Crippen molar-refractivity contribution < 1.29 is 9.30 Å². The maximum atomic E-state index is 13.4. The average Bonchev–Trinajstić information content (AvgIpc) is 2.49. The lowest BCUT2D eigenvalue weighted by molar-refractivity contribution is 0.477. The summed E-state index contributed by atoms with van der Waals surface area (Å²) < 4.78 is 21.0. The summed E-state index contributed by atoms with van der Waals surface area (Å²) >= 11 is 11.3. The Kier molecular flexibility index (Phi) is 4.60. The highest BCUT2D eigenvalue weighted by Crippen LogP contribution is 2.51. The summed E-state index contributed by atoms with van der Waals surface area (Å²) in [5.41, 5.74) is 0.770. The fraction of sp³-hybridized carbons (Fsp3) is 0.235. The Bertz CT molecular complexity index is 839. The van der Waals surface area contributed by atoms with Gasteiger partial charge in [0.05, 0.1) is 11.0 Å². The van der Waals surface area contributed by atoms with Gasteiger partial charge < -0.3 is 10.1 Å². The van der Waals surface area contributed by atoms with Crippen LogP contribution in [0.3, 0.4) is 0 Å². The van der Waals surface area contributed by atoms with Gasteiger partial charge in [-0.15, -0.1) is 0 Å². The zero-order valence-corrected chi connectivity index (χ0v) is 16.1. The van der Waals surface area contributed by atoms with Crippen molar-refractivity contribution in [2.24, 2.45) is 0 Å². The molecule has 0 bridgehead atoms. The van der Waals surface area contributed by atoms with E-state index in [1.54, 1.807) is 35.6 Å². The summed E-state index contributed by atoms with van der Waals surface area (Å²) in [6, 6.07) is 12.6. The van der Waals surface area contributed by atoms with E-state index in [4.69, 9.17) is 28.6 Å². The molecule has 1 aliphatic heterocycles. The summed E-state index contributed by atoms with van der Waals surface area (Å²) in [4.78, 5) is 0. The van der Waals surface area contributed by atoms with E-state index in [1.807, 2.05) is 32.0 Å². The lowest BCUT2D eigenvalue weighted by Crippen LogP contribution is -2.44. The van der Waals surface area contributed by atoms with Gasteiger partial charge in [-0.25, -0.2) is 0 Å². The van der Waals surface area contributed by atoms with Gasteiger partial charge in [0.15, 0.2) is 5.11 Å². The molecule has 0 saturated heterocycles. The minimum absolute atomic E-state index is 0.0369. The fourth-order valence-corrected chi connectivity index (χ4v) is 6.17. The molecule has 0 aliphatic carbocycles. The van der Waals surface area contributed by atoms with Crippen molar-refractivity contribution in [1.82, 2.24) is 4.67 Å². The fourth-order valence-electron chi connectivity index (χ4n) is 2.80. The zero-order chi connectivity index (χ0) is 17.5. The summed E-state index contributed by atoms with van der Waals surface area (Å²) in [5.74, 6) is 1.29. The number of hydrogen-bond acceptors (Lipinski definition) is 3. The third-order valence-corrected chi connectivity index (χ3v) is 7.25. The number of hydrogen-bond donors (Lipinski definition) is 1. The summed E-state index contributed by atoms with van der Waals surface area (Å²) in [6.45, 7) is 5.69. The van der Waals surface area contributed by atoms with Crippen LogP contribution >= 0.6 is 31.1 Å². The van der Waals surface area contributed by atoms with Crippen molar-refractivity contribution >= 4 is 47.2 Å². The van der Waals surface area contributed by atoms with Crippen LogP contribution in [0.15, 0.2) is 42.5 Å². The Balaban J connectivity index is 1.98. The van der Waals surface area contributed by atoms with Crippen LogP contribution in [0.4, 0.5) is 5.69 Å². The molecule has 0 fully saturated rings. The van der Waals surface area contributed by atoms with Crippen LogP contribution < -0.4 is 15.4 Å².